The van der Waals surface area contributed by atoms with Crippen LogP contribution in [0, 0.1) is 5.92 Å². The molecule has 0 spiro atoms. The lowest BCUT2D eigenvalue weighted by molar-refractivity contribution is -0.151. The van der Waals surface area contributed by atoms with Crippen LogP contribution in [-0.2, 0) is 18.8 Å². The number of ether oxygens (including phenoxy) is 2. The van der Waals surface area contributed by atoms with Crippen LogP contribution in [0.5, 0.6) is 0 Å². The summed E-state index contributed by atoms with van der Waals surface area (Å²) in [6.45, 7) is 1.31. The molecule has 0 aliphatic heterocycles. The smallest absolute Gasteiger partial charge is 0.428 e. The number of rotatable bonds is 10. The summed E-state index contributed by atoms with van der Waals surface area (Å²) in [6.07, 6.45) is 3.08. The zero-order chi connectivity index (χ0) is 18.7. The summed E-state index contributed by atoms with van der Waals surface area (Å²) in [5, 5.41) is 2.35. The second-order valence-corrected chi connectivity index (χ2v) is 7.44. The van der Waals surface area contributed by atoms with Crippen molar-refractivity contribution in [2.45, 2.75) is 70.1 Å². The Morgan fingerprint density at radius 3 is 2.56 bits per heavy atom. The molecule has 2 N–H and O–H groups in total. The second-order valence-electron chi connectivity index (χ2n) is 6.24. The topological polar surface area (TPSA) is 102 Å². The number of hydrogen-bond donors (Lipinski definition) is 2. The standard InChI is InChI=1S/C16H27FNO6P/c1-2-6-14(19)23-11-24-16(20)18-10-9-13(17)15(25(21)22)12-7-4-3-5-8-12/h12-13,15H,2-11H2,1H3,(H-,18,20,21,22)/p+1/t13-,15-/m0/s1. The minimum atomic E-state index is -2.60. The predicted molar refractivity (Wildman–Crippen MR) is 90.1 cm³/mol. The Hall–Kier alpha value is -1.27. The van der Waals surface area contributed by atoms with Gasteiger partial charge in [-0.1, -0.05) is 26.2 Å². The zero-order valence-corrected chi connectivity index (χ0v) is 15.5. The van der Waals surface area contributed by atoms with Crippen LogP contribution in [0.25, 0.3) is 0 Å². The molecule has 1 saturated carbocycles. The van der Waals surface area contributed by atoms with Gasteiger partial charge in [-0.3, -0.25) is 4.79 Å². The summed E-state index contributed by atoms with van der Waals surface area (Å²) >= 11 is 0. The highest BCUT2D eigenvalue weighted by Gasteiger charge is 2.44. The maximum atomic E-state index is 14.4. The fourth-order valence-electron chi connectivity index (χ4n) is 3.05. The van der Waals surface area contributed by atoms with Gasteiger partial charge in [-0.15, -0.1) is 0 Å². The summed E-state index contributed by atoms with van der Waals surface area (Å²) in [4.78, 5) is 32.0. The van der Waals surface area contributed by atoms with Gasteiger partial charge in [-0.25, -0.2) is 9.18 Å². The van der Waals surface area contributed by atoms with Gasteiger partial charge in [-0.2, -0.15) is 4.89 Å². The van der Waals surface area contributed by atoms with E-state index in [0.29, 0.717) is 6.42 Å². The first kappa shape index (κ1) is 21.8. The molecule has 25 heavy (non-hydrogen) atoms. The van der Waals surface area contributed by atoms with Crippen molar-refractivity contribution < 1.29 is 32.9 Å². The maximum Gasteiger partial charge on any atom is 0.512 e. The molecule has 1 aliphatic carbocycles. The van der Waals surface area contributed by atoms with Crippen molar-refractivity contribution in [3.63, 3.8) is 0 Å². The Kier molecular flexibility index (Phi) is 10.6. The van der Waals surface area contributed by atoms with Gasteiger partial charge in [0.1, 0.15) is 0 Å². The molecule has 0 aromatic carbocycles. The quantitative estimate of drug-likeness (QED) is 0.342. The third-order valence-electron chi connectivity index (χ3n) is 4.31. The Morgan fingerprint density at radius 1 is 1.28 bits per heavy atom. The normalized spacial score (nSPS) is 18.1. The molecule has 1 unspecified atom stereocenters. The molecule has 144 valence electrons. The molecule has 1 amide bonds. The minimum Gasteiger partial charge on any atom is -0.428 e. The molecule has 1 rings (SSSR count). The van der Waals surface area contributed by atoms with Crippen LogP contribution in [-0.4, -0.2) is 42.1 Å². The third-order valence-corrected chi connectivity index (χ3v) is 5.57. The van der Waals surface area contributed by atoms with Crippen LogP contribution in [0.2, 0.25) is 0 Å². The molecule has 3 atom stereocenters. The molecule has 0 bridgehead atoms. The van der Waals surface area contributed by atoms with Crippen molar-refractivity contribution in [3.05, 3.63) is 0 Å². The molecule has 0 aromatic heterocycles. The monoisotopic (exact) mass is 380 g/mol. The van der Waals surface area contributed by atoms with Gasteiger partial charge >= 0.3 is 20.1 Å². The molecule has 1 fully saturated rings. The first-order valence-corrected chi connectivity index (χ1v) is 10.1. The second kappa shape index (κ2) is 12.1. The highest BCUT2D eigenvalue weighted by Crippen LogP contribution is 2.41. The first-order chi connectivity index (χ1) is 12.0. The van der Waals surface area contributed by atoms with Crippen LogP contribution in [0.1, 0.15) is 58.3 Å². The first-order valence-electron chi connectivity index (χ1n) is 8.81. The number of halogens is 1. The molecule has 0 aromatic rings. The van der Waals surface area contributed by atoms with E-state index in [1.54, 1.807) is 0 Å². The van der Waals surface area contributed by atoms with E-state index < -0.39 is 38.7 Å². The lowest BCUT2D eigenvalue weighted by Gasteiger charge is -2.24. The number of esters is 1. The van der Waals surface area contributed by atoms with Crippen molar-refractivity contribution in [2.24, 2.45) is 5.92 Å². The van der Waals surface area contributed by atoms with Gasteiger partial charge in [0, 0.05) is 25.3 Å². The van der Waals surface area contributed by atoms with E-state index in [1.165, 1.54) is 0 Å². The van der Waals surface area contributed by atoms with Crippen LogP contribution in [0.3, 0.4) is 0 Å². The van der Waals surface area contributed by atoms with Crippen molar-refractivity contribution in [1.29, 1.82) is 0 Å². The van der Waals surface area contributed by atoms with Gasteiger partial charge < -0.3 is 14.8 Å². The van der Waals surface area contributed by atoms with E-state index in [4.69, 9.17) is 0 Å². The maximum absolute atomic E-state index is 14.4. The molecule has 7 nitrogen and oxygen atoms in total. The average Bonchev–Trinajstić information content (AvgIpc) is 2.56. The van der Waals surface area contributed by atoms with Crippen LogP contribution >= 0.6 is 8.03 Å². The fourth-order valence-corrected chi connectivity index (χ4v) is 4.13. The summed E-state index contributed by atoms with van der Waals surface area (Å²) in [7, 11) is -2.60. The van der Waals surface area contributed by atoms with E-state index in [0.717, 1.165) is 32.1 Å². The average molecular weight is 380 g/mol. The number of hydrogen-bond acceptors (Lipinski definition) is 5. The summed E-state index contributed by atoms with van der Waals surface area (Å²) < 4.78 is 35.2. The largest absolute Gasteiger partial charge is 0.512 e. The van der Waals surface area contributed by atoms with Gasteiger partial charge in [-0.05, 0) is 23.8 Å². The number of nitrogens with one attached hydrogen (secondary N) is 1. The lowest BCUT2D eigenvalue weighted by atomic mass is 9.85. The van der Waals surface area contributed by atoms with E-state index in [-0.39, 0.29) is 25.3 Å². The van der Waals surface area contributed by atoms with Crippen LogP contribution in [0.15, 0.2) is 0 Å². The Bertz CT molecular complexity index is 444. The SMILES string of the molecule is CCCC(=O)OCOC(=O)NCC[C@H](F)[C@H](C1CCCCC1)[P+](=O)O. The molecular weight excluding hydrogens is 352 g/mol. The molecule has 0 radical (unpaired) electrons. The summed E-state index contributed by atoms with van der Waals surface area (Å²) in [5.41, 5.74) is -0.886. The van der Waals surface area contributed by atoms with Crippen molar-refractivity contribution >= 4 is 20.1 Å². The summed E-state index contributed by atoms with van der Waals surface area (Å²) in [5.74, 6) is -0.538. The third kappa shape index (κ3) is 8.59. The van der Waals surface area contributed by atoms with E-state index in [2.05, 4.69) is 14.8 Å². The Balaban J connectivity index is 2.26. The van der Waals surface area contributed by atoms with Crippen molar-refractivity contribution in [2.75, 3.05) is 13.3 Å². The molecule has 0 heterocycles. The van der Waals surface area contributed by atoms with Crippen LogP contribution < -0.4 is 5.32 Å². The molecular formula is C16H28FNO6P+. The molecule has 1 aliphatic rings. The number of alkyl halides is 1. The number of carbonyl (C=O) groups excluding carboxylic acids is 2. The highest BCUT2D eigenvalue weighted by molar-refractivity contribution is 7.39. The molecule has 9 heteroatoms. The van der Waals surface area contributed by atoms with E-state index >= 15 is 0 Å². The highest BCUT2D eigenvalue weighted by atomic mass is 31.1. The lowest BCUT2D eigenvalue weighted by Crippen LogP contribution is -2.34. The van der Waals surface area contributed by atoms with Crippen LogP contribution in [0.4, 0.5) is 9.18 Å². The van der Waals surface area contributed by atoms with Gasteiger partial charge in [0.25, 0.3) is 0 Å². The van der Waals surface area contributed by atoms with E-state index in [9.17, 15) is 23.4 Å². The number of carbonyl (C=O) groups is 2. The number of amides is 1. The van der Waals surface area contributed by atoms with Crippen molar-refractivity contribution in [3.8, 4) is 0 Å². The Morgan fingerprint density at radius 2 is 1.96 bits per heavy atom. The van der Waals surface area contributed by atoms with Gasteiger partial charge in [0.05, 0.1) is 0 Å². The fraction of sp³-hybridized carbons (Fsp3) is 0.875. The van der Waals surface area contributed by atoms with Gasteiger partial charge in [0.2, 0.25) is 12.5 Å². The van der Waals surface area contributed by atoms with Gasteiger partial charge in [0.15, 0.2) is 6.17 Å². The van der Waals surface area contributed by atoms with Crippen molar-refractivity contribution in [1.82, 2.24) is 5.32 Å². The zero-order valence-electron chi connectivity index (χ0n) is 14.6. The van der Waals surface area contributed by atoms with E-state index in [1.807, 2.05) is 6.92 Å². The predicted octanol–water partition coefficient (Wildman–Crippen LogP) is 3.43. The summed E-state index contributed by atoms with van der Waals surface area (Å²) in [6, 6.07) is 0. The Labute approximate surface area is 148 Å². The number of alkyl carbamates (subject to hydrolysis) is 1. The molecule has 0 saturated heterocycles. The minimum absolute atomic E-state index is 0.0186.